The van der Waals surface area contributed by atoms with E-state index in [9.17, 15) is 4.79 Å². The van der Waals surface area contributed by atoms with Gasteiger partial charge in [-0.1, -0.05) is 6.07 Å². The summed E-state index contributed by atoms with van der Waals surface area (Å²) in [5.41, 5.74) is 2.07. The van der Waals surface area contributed by atoms with Gasteiger partial charge >= 0.3 is 0 Å². The predicted octanol–water partition coefficient (Wildman–Crippen LogP) is 1.85. The van der Waals surface area contributed by atoms with Crippen molar-refractivity contribution in [2.24, 2.45) is 0 Å². The topological polar surface area (TPSA) is 45.7 Å². The van der Waals surface area contributed by atoms with E-state index in [1.165, 1.54) is 5.56 Å². The molecule has 0 N–H and O–H groups in total. The number of methoxy groups -OCH3 is 1. The zero-order chi connectivity index (χ0) is 16.2. The third-order valence-corrected chi connectivity index (χ3v) is 4.59. The molecule has 5 nitrogen and oxygen atoms in total. The highest BCUT2D eigenvalue weighted by Gasteiger charge is 2.43. The largest absolute Gasteiger partial charge is 0.383 e. The maximum absolute atomic E-state index is 12.3. The summed E-state index contributed by atoms with van der Waals surface area (Å²) >= 11 is 0. The molecule has 1 saturated heterocycles. The molecule has 5 heteroatoms. The summed E-state index contributed by atoms with van der Waals surface area (Å²) < 4.78 is 5.48. The maximum Gasteiger partial charge on any atom is 0.224 e. The molecule has 1 aromatic heterocycles. The van der Waals surface area contributed by atoms with Crippen molar-refractivity contribution in [3.63, 3.8) is 0 Å². The molecular weight excluding hydrogens is 278 g/mol. The number of rotatable bonds is 6. The van der Waals surface area contributed by atoms with Gasteiger partial charge in [0.2, 0.25) is 5.91 Å². The number of carbonyl (C=O) groups excluding carboxylic acids is 1. The van der Waals surface area contributed by atoms with Crippen molar-refractivity contribution < 1.29 is 9.53 Å². The first-order chi connectivity index (χ1) is 10.5. The normalized spacial score (nSPS) is 22.0. The number of hydrogen-bond acceptors (Lipinski definition) is 4. The number of hydrogen-bond donors (Lipinski definition) is 0. The Morgan fingerprint density at radius 2 is 2.27 bits per heavy atom. The van der Waals surface area contributed by atoms with Crippen LogP contribution >= 0.6 is 0 Å². The van der Waals surface area contributed by atoms with Gasteiger partial charge in [-0.05, 0) is 37.9 Å². The second-order valence-corrected chi connectivity index (χ2v) is 6.41. The molecule has 1 aromatic rings. The third kappa shape index (κ3) is 3.65. The Morgan fingerprint density at radius 1 is 1.50 bits per heavy atom. The van der Waals surface area contributed by atoms with E-state index in [1.807, 2.05) is 26.4 Å². The Labute approximate surface area is 133 Å². The standard InChI is InChI=1S/C17H27N3O2/c1-14-7-5-9-18-15(14)12-20-10-6-8-17(20,13-22-4)11-16(21)19(2)3/h5,7,9H,6,8,10-13H2,1-4H3/t17-/m1/s1. The number of nitrogens with zero attached hydrogens (tertiary/aromatic N) is 3. The van der Waals surface area contributed by atoms with Crippen LogP contribution < -0.4 is 0 Å². The van der Waals surface area contributed by atoms with Crippen LogP contribution in [0.15, 0.2) is 18.3 Å². The average Bonchev–Trinajstić information content (AvgIpc) is 2.84. The second kappa shape index (κ2) is 7.20. The van der Waals surface area contributed by atoms with Gasteiger partial charge in [0.15, 0.2) is 0 Å². The Kier molecular flexibility index (Phi) is 5.53. The van der Waals surface area contributed by atoms with E-state index in [2.05, 4.69) is 22.9 Å². The number of pyridine rings is 1. The number of aryl methyl sites for hydroxylation is 1. The van der Waals surface area contributed by atoms with Crippen molar-refractivity contribution in [1.29, 1.82) is 0 Å². The van der Waals surface area contributed by atoms with E-state index < -0.39 is 0 Å². The zero-order valence-electron chi connectivity index (χ0n) is 14.1. The summed E-state index contributed by atoms with van der Waals surface area (Å²) in [5.74, 6) is 0.154. The monoisotopic (exact) mass is 305 g/mol. The van der Waals surface area contributed by atoms with E-state index in [-0.39, 0.29) is 11.4 Å². The zero-order valence-corrected chi connectivity index (χ0v) is 14.1. The molecule has 0 radical (unpaired) electrons. The Bertz CT molecular complexity index is 518. The second-order valence-electron chi connectivity index (χ2n) is 6.41. The first-order valence-electron chi connectivity index (χ1n) is 7.83. The summed E-state index contributed by atoms with van der Waals surface area (Å²) in [5, 5.41) is 0. The van der Waals surface area contributed by atoms with Gasteiger partial charge < -0.3 is 9.64 Å². The molecule has 2 heterocycles. The molecule has 0 bridgehead atoms. The summed E-state index contributed by atoms with van der Waals surface area (Å²) in [7, 11) is 5.33. The van der Waals surface area contributed by atoms with Crippen molar-refractivity contribution in [2.75, 3.05) is 34.4 Å². The van der Waals surface area contributed by atoms with Gasteiger partial charge in [0.25, 0.3) is 0 Å². The molecule has 0 spiro atoms. The van der Waals surface area contributed by atoms with Gasteiger partial charge in [-0.15, -0.1) is 0 Å². The molecule has 2 rings (SSSR count). The lowest BCUT2D eigenvalue weighted by Gasteiger charge is -2.38. The lowest BCUT2D eigenvalue weighted by molar-refractivity contribution is -0.132. The van der Waals surface area contributed by atoms with Crippen LogP contribution in [0.1, 0.15) is 30.5 Å². The first-order valence-corrected chi connectivity index (χ1v) is 7.83. The molecule has 1 amide bonds. The Hall–Kier alpha value is -1.46. The minimum Gasteiger partial charge on any atom is -0.383 e. The molecule has 0 saturated carbocycles. The lowest BCUT2D eigenvalue weighted by Crippen LogP contribution is -2.50. The molecule has 0 unspecified atom stereocenters. The molecule has 0 aromatic carbocycles. The van der Waals surface area contributed by atoms with Crippen LogP contribution in [0.5, 0.6) is 0 Å². The summed E-state index contributed by atoms with van der Waals surface area (Å²) in [6, 6.07) is 4.04. The highest BCUT2D eigenvalue weighted by atomic mass is 16.5. The van der Waals surface area contributed by atoms with Crippen LogP contribution in [0.4, 0.5) is 0 Å². The van der Waals surface area contributed by atoms with E-state index in [1.54, 1.807) is 12.0 Å². The quantitative estimate of drug-likeness (QED) is 0.804. The summed E-state index contributed by atoms with van der Waals surface area (Å²) in [6.07, 6.45) is 4.42. The molecule has 0 aliphatic carbocycles. The fraction of sp³-hybridized carbons (Fsp3) is 0.647. The maximum atomic E-state index is 12.3. The lowest BCUT2D eigenvalue weighted by atomic mass is 9.91. The van der Waals surface area contributed by atoms with Crippen molar-refractivity contribution in [1.82, 2.24) is 14.8 Å². The van der Waals surface area contributed by atoms with Crippen molar-refractivity contribution in [2.45, 2.75) is 38.3 Å². The molecule has 1 aliphatic heterocycles. The van der Waals surface area contributed by atoms with Crippen LogP contribution in [0.25, 0.3) is 0 Å². The molecule has 1 atom stereocenters. The molecular formula is C17H27N3O2. The van der Waals surface area contributed by atoms with E-state index in [0.29, 0.717) is 13.0 Å². The predicted molar refractivity (Wildman–Crippen MR) is 86.5 cm³/mol. The van der Waals surface area contributed by atoms with Gasteiger partial charge in [-0.2, -0.15) is 0 Å². The van der Waals surface area contributed by atoms with Gasteiger partial charge in [0.05, 0.1) is 17.8 Å². The van der Waals surface area contributed by atoms with Crippen LogP contribution in [-0.2, 0) is 16.1 Å². The van der Waals surface area contributed by atoms with Gasteiger partial charge in [-0.25, -0.2) is 0 Å². The number of ether oxygens (including phenoxy) is 1. The number of amides is 1. The van der Waals surface area contributed by atoms with Crippen LogP contribution in [0.2, 0.25) is 0 Å². The van der Waals surface area contributed by atoms with E-state index >= 15 is 0 Å². The molecule has 1 aliphatic rings. The minimum atomic E-state index is -0.208. The van der Waals surface area contributed by atoms with Gasteiger partial charge in [-0.3, -0.25) is 14.7 Å². The average molecular weight is 305 g/mol. The number of aromatic nitrogens is 1. The van der Waals surface area contributed by atoms with Gasteiger partial charge in [0.1, 0.15) is 0 Å². The van der Waals surface area contributed by atoms with Crippen molar-refractivity contribution in [3.8, 4) is 0 Å². The first kappa shape index (κ1) is 16.9. The fourth-order valence-corrected chi connectivity index (χ4v) is 3.23. The SMILES string of the molecule is COC[C@]1(CC(=O)N(C)C)CCCN1Cc1ncccc1C. The Morgan fingerprint density at radius 3 is 2.91 bits per heavy atom. The summed E-state index contributed by atoms with van der Waals surface area (Å²) in [4.78, 5) is 20.8. The van der Waals surface area contributed by atoms with Crippen LogP contribution in [0.3, 0.4) is 0 Å². The van der Waals surface area contributed by atoms with E-state index in [4.69, 9.17) is 4.74 Å². The highest BCUT2D eigenvalue weighted by Crippen LogP contribution is 2.34. The molecule has 22 heavy (non-hydrogen) atoms. The highest BCUT2D eigenvalue weighted by molar-refractivity contribution is 5.77. The summed E-state index contributed by atoms with van der Waals surface area (Å²) in [6.45, 7) is 4.43. The third-order valence-electron chi connectivity index (χ3n) is 4.59. The molecule has 122 valence electrons. The van der Waals surface area contributed by atoms with Gasteiger partial charge in [0, 0.05) is 40.4 Å². The molecule has 1 fully saturated rings. The minimum absolute atomic E-state index is 0.154. The van der Waals surface area contributed by atoms with E-state index in [0.717, 1.165) is 31.6 Å². The number of likely N-dealkylation sites (tertiary alicyclic amines) is 1. The van der Waals surface area contributed by atoms with Crippen LogP contribution in [0, 0.1) is 6.92 Å². The smallest absolute Gasteiger partial charge is 0.224 e. The van der Waals surface area contributed by atoms with Crippen LogP contribution in [-0.4, -0.2) is 60.6 Å². The number of carbonyl (C=O) groups is 1. The van der Waals surface area contributed by atoms with Crippen molar-refractivity contribution in [3.05, 3.63) is 29.6 Å². The van der Waals surface area contributed by atoms with Crippen molar-refractivity contribution >= 4 is 5.91 Å². The fourth-order valence-electron chi connectivity index (χ4n) is 3.23. The Balaban J connectivity index is 2.20.